The molecule has 0 spiro atoms. The van der Waals surface area contributed by atoms with E-state index >= 15 is 0 Å². The minimum absolute atomic E-state index is 0.000525. The zero-order valence-corrected chi connectivity index (χ0v) is 30.0. The lowest BCUT2D eigenvalue weighted by atomic mass is 10.1. The molecule has 5 rings (SSSR count). The Morgan fingerprint density at radius 3 is 2.54 bits per heavy atom. The normalized spacial score (nSPS) is 14.6. The molecule has 0 bridgehead atoms. The Labute approximate surface area is 296 Å². The van der Waals surface area contributed by atoms with Crippen LogP contribution in [0.3, 0.4) is 0 Å². The number of nitrogens with zero attached hydrogens (tertiary/aromatic N) is 4. The average molecular weight is 701 g/mol. The Bertz CT molecular complexity index is 1890. The third-order valence-corrected chi connectivity index (χ3v) is 9.87. The lowest BCUT2D eigenvalue weighted by Gasteiger charge is -2.17. The van der Waals surface area contributed by atoms with Gasteiger partial charge < -0.3 is 29.6 Å². The number of methoxy groups -OCH3 is 1. The number of rotatable bonds is 15. The van der Waals surface area contributed by atoms with Crippen molar-refractivity contribution in [3.8, 4) is 11.5 Å². The molecule has 1 aliphatic rings. The fourth-order valence-electron chi connectivity index (χ4n) is 5.92. The number of carbonyl (C=O) groups excluding carboxylic acids is 4. The van der Waals surface area contributed by atoms with E-state index in [1.165, 1.54) is 18.4 Å². The highest BCUT2D eigenvalue weighted by Crippen LogP contribution is 2.35. The van der Waals surface area contributed by atoms with Gasteiger partial charge in [0.25, 0.3) is 11.8 Å². The molecular weight excluding hydrogens is 657 g/mol. The number of carbonyl (C=O) groups is 4. The standard InChI is InChI=1S/C37H44N6O6S/c1-6-43(7-2)37(47)34-18-24-16-26(12-13-33(24)50-34)40-36(46)30-19-27(22-42(30)4)39-35(45)11-9-15-49-32-20-29(25(23-44)17-31(32)48-5)38-21-28-10-8-14-41(28)3/h12-13,16-23,28H,6-11,14-15H2,1-5H3,(H,39,45)(H,40,46)/b38-21-. The summed E-state index contributed by atoms with van der Waals surface area (Å²) in [4.78, 5) is 59.7. The first-order valence-electron chi connectivity index (χ1n) is 16.8. The number of ether oxygens (including phenoxy) is 2. The maximum Gasteiger partial charge on any atom is 0.272 e. The molecule has 264 valence electrons. The molecule has 0 aliphatic carbocycles. The van der Waals surface area contributed by atoms with Gasteiger partial charge in [-0.15, -0.1) is 11.3 Å². The number of thiophene rings is 1. The molecule has 3 amide bonds. The van der Waals surface area contributed by atoms with Crippen molar-refractivity contribution in [3.63, 3.8) is 0 Å². The monoisotopic (exact) mass is 700 g/mol. The fourth-order valence-corrected chi connectivity index (χ4v) is 6.93. The quantitative estimate of drug-likeness (QED) is 0.0834. The van der Waals surface area contributed by atoms with Crippen LogP contribution in [0.4, 0.5) is 17.1 Å². The highest BCUT2D eigenvalue weighted by Gasteiger charge is 2.20. The van der Waals surface area contributed by atoms with Gasteiger partial charge in [0.1, 0.15) is 5.69 Å². The molecule has 0 saturated carbocycles. The molecule has 2 aromatic carbocycles. The van der Waals surface area contributed by atoms with Crippen LogP contribution in [0.2, 0.25) is 0 Å². The van der Waals surface area contributed by atoms with E-state index in [1.807, 2.05) is 44.3 Å². The summed E-state index contributed by atoms with van der Waals surface area (Å²) in [7, 11) is 5.29. The van der Waals surface area contributed by atoms with Crippen molar-refractivity contribution in [1.29, 1.82) is 0 Å². The number of likely N-dealkylation sites (tertiary alicyclic amines) is 1. The van der Waals surface area contributed by atoms with E-state index in [-0.39, 0.29) is 36.8 Å². The number of nitrogens with one attached hydrogen (secondary N) is 2. The first kappa shape index (κ1) is 36.3. The van der Waals surface area contributed by atoms with Gasteiger partial charge in [-0.05, 0) is 88.5 Å². The van der Waals surface area contributed by atoms with Gasteiger partial charge in [0.15, 0.2) is 17.8 Å². The summed E-state index contributed by atoms with van der Waals surface area (Å²) in [5.74, 6) is 0.299. The number of anilines is 2. The van der Waals surface area contributed by atoms with Crippen molar-refractivity contribution in [2.75, 3.05) is 51.0 Å². The average Bonchev–Trinajstić information content (AvgIpc) is 3.83. The Hall–Kier alpha value is -5.01. The number of fused-ring (bicyclic) bond motifs is 1. The van der Waals surface area contributed by atoms with Gasteiger partial charge in [-0.3, -0.25) is 29.1 Å². The minimum Gasteiger partial charge on any atom is -0.493 e. The van der Waals surface area contributed by atoms with Gasteiger partial charge in [0.05, 0.1) is 30.0 Å². The number of aryl methyl sites for hydroxylation is 1. The number of benzene rings is 2. The molecule has 4 aromatic rings. The summed E-state index contributed by atoms with van der Waals surface area (Å²) >= 11 is 1.44. The molecule has 1 saturated heterocycles. The van der Waals surface area contributed by atoms with Gasteiger partial charge in [-0.2, -0.15) is 0 Å². The van der Waals surface area contributed by atoms with E-state index < -0.39 is 0 Å². The number of aromatic nitrogens is 1. The predicted molar refractivity (Wildman–Crippen MR) is 198 cm³/mol. The van der Waals surface area contributed by atoms with Gasteiger partial charge in [0.2, 0.25) is 5.91 Å². The Kier molecular flexibility index (Phi) is 12.0. The van der Waals surface area contributed by atoms with E-state index in [9.17, 15) is 19.2 Å². The van der Waals surface area contributed by atoms with E-state index in [0.29, 0.717) is 64.2 Å². The van der Waals surface area contributed by atoms with Crippen LogP contribution in [0.25, 0.3) is 10.1 Å². The van der Waals surface area contributed by atoms with Crippen LogP contribution in [0, 0.1) is 0 Å². The number of hydrogen-bond acceptors (Lipinski definition) is 9. The molecule has 2 aromatic heterocycles. The smallest absolute Gasteiger partial charge is 0.272 e. The summed E-state index contributed by atoms with van der Waals surface area (Å²) in [5.41, 5.74) is 2.38. The van der Waals surface area contributed by atoms with E-state index in [4.69, 9.17) is 9.47 Å². The molecule has 1 aliphatic heterocycles. The molecule has 12 nitrogen and oxygen atoms in total. The van der Waals surface area contributed by atoms with Crippen LogP contribution in [0.5, 0.6) is 11.5 Å². The van der Waals surface area contributed by atoms with Crippen molar-refractivity contribution in [2.45, 2.75) is 45.6 Å². The first-order valence-corrected chi connectivity index (χ1v) is 17.6. The van der Waals surface area contributed by atoms with Crippen LogP contribution >= 0.6 is 11.3 Å². The van der Waals surface area contributed by atoms with Crippen molar-refractivity contribution in [1.82, 2.24) is 14.4 Å². The largest absolute Gasteiger partial charge is 0.493 e. The lowest BCUT2D eigenvalue weighted by Crippen LogP contribution is -2.29. The van der Waals surface area contributed by atoms with Crippen molar-refractivity contribution in [3.05, 3.63) is 64.8 Å². The number of hydrogen-bond donors (Lipinski definition) is 2. The zero-order chi connectivity index (χ0) is 35.8. The zero-order valence-electron chi connectivity index (χ0n) is 29.2. The second-order valence-corrected chi connectivity index (χ2v) is 13.3. The summed E-state index contributed by atoms with van der Waals surface area (Å²) in [5, 5.41) is 6.66. The topological polar surface area (TPSA) is 135 Å². The Morgan fingerprint density at radius 2 is 1.84 bits per heavy atom. The van der Waals surface area contributed by atoms with Gasteiger partial charge in [-0.1, -0.05) is 0 Å². The van der Waals surface area contributed by atoms with E-state index in [2.05, 4.69) is 27.6 Å². The predicted octanol–water partition coefficient (Wildman–Crippen LogP) is 6.39. The first-order chi connectivity index (χ1) is 24.1. The Balaban J connectivity index is 1.14. The Morgan fingerprint density at radius 1 is 1.04 bits per heavy atom. The summed E-state index contributed by atoms with van der Waals surface area (Å²) in [6, 6.07) is 12.6. The van der Waals surface area contributed by atoms with Crippen LogP contribution in [0.1, 0.15) is 70.0 Å². The maximum atomic E-state index is 13.2. The van der Waals surface area contributed by atoms with Crippen LogP contribution < -0.4 is 20.1 Å². The molecule has 1 unspecified atom stereocenters. The minimum atomic E-state index is -0.330. The van der Waals surface area contributed by atoms with E-state index in [0.717, 1.165) is 35.8 Å². The van der Waals surface area contributed by atoms with Gasteiger partial charge in [-0.25, -0.2) is 0 Å². The maximum absolute atomic E-state index is 13.2. The number of aldehydes is 1. The summed E-state index contributed by atoms with van der Waals surface area (Å²) in [6.45, 7) is 6.45. The highest BCUT2D eigenvalue weighted by molar-refractivity contribution is 7.20. The molecule has 0 radical (unpaired) electrons. The third-order valence-electron chi connectivity index (χ3n) is 8.77. The van der Waals surface area contributed by atoms with Gasteiger partial charge >= 0.3 is 0 Å². The van der Waals surface area contributed by atoms with Crippen LogP contribution in [0.15, 0.2) is 53.7 Å². The molecule has 3 heterocycles. The molecule has 1 atom stereocenters. The second kappa shape index (κ2) is 16.6. The molecular formula is C37H44N6O6S. The van der Waals surface area contributed by atoms with Crippen molar-refractivity contribution in [2.24, 2.45) is 12.0 Å². The third kappa shape index (κ3) is 8.58. The molecule has 1 fully saturated rings. The SMILES string of the molecule is CCN(CC)C(=O)c1cc2cc(NC(=O)c3cc(NC(=O)CCCOc4cc(/N=C\C5CCCN5C)c(C=O)cc4OC)cn3C)ccc2s1. The highest BCUT2D eigenvalue weighted by atomic mass is 32.1. The lowest BCUT2D eigenvalue weighted by molar-refractivity contribution is -0.116. The molecule has 2 N–H and O–H groups in total. The second-order valence-electron chi connectivity index (χ2n) is 12.2. The number of aliphatic imine (C=N–C) groups is 1. The van der Waals surface area contributed by atoms with Gasteiger partial charge in [0, 0.05) is 67.0 Å². The van der Waals surface area contributed by atoms with Crippen LogP contribution in [-0.4, -0.2) is 91.0 Å². The fraction of sp³-hybridized carbons (Fsp3) is 0.378. The van der Waals surface area contributed by atoms with Crippen LogP contribution in [-0.2, 0) is 11.8 Å². The molecule has 50 heavy (non-hydrogen) atoms. The molecule has 13 heteroatoms. The summed E-state index contributed by atoms with van der Waals surface area (Å²) < 4.78 is 14.0. The number of amides is 3. The van der Waals surface area contributed by atoms with Crippen molar-refractivity contribution < 1.29 is 28.7 Å². The van der Waals surface area contributed by atoms with E-state index in [1.54, 1.807) is 40.9 Å². The summed E-state index contributed by atoms with van der Waals surface area (Å²) in [6.07, 6.45) is 7.03. The van der Waals surface area contributed by atoms with Crippen molar-refractivity contribution >= 4 is 68.7 Å².